The van der Waals surface area contributed by atoms with Gasteiger partial charge < -0.3 is 4.52 Å². The van der Waals surface area contributed by atoms with Crippen molar-refractivity contribution in [3.05, 3.63) is 60.2 Å². The van der Waals surface area contributed by atoms with Gasteiger partial charge in [-0.3, -0.25) is 9.55 Å². The fourth-order valence-electron chi connectivity index (χ4n) is 3.17. The molecule has 1 atom stereocenters. The molecule has 1 aromatic carbocycles. The fraction of sp³-hybridized carbons (Fsp3) is 0.238. The summed E-state index contributed by atoms with van der Waals surface area (Å²) in [5.74, 6) is 1.83. The molecule has 1 saturated carbocycles. The van der Waals surface area contributed by atoms with Crippen LogP contribution in [-0.2, 0) is 0 Å². The molecule has 9 heteroatoms. The highest BCUT2D eigenvalue weighted by Crippen LogP contribution is 2.43. The lowest BCUT2D eigenvalue weighted by Gasteiger charge is -2.10. The maximum atomic E-state index is 9.09. The van der Waals surface area contributed by atoms with Gasteiger partial charge in [-0.1, -0.05) is 23.0 Å². The third-order valence-electron chi connectivity index (χ3n) is 4.84. The quantitative estimate of drug-likeness (QED) is 0.425. The van der Waals surface area contributed by atoms with E-state index in [1.54, 1.807) is 42.4 Å². The minimum atomic E-state index is -0.0753. The molecule has 1 aliphatic rings. The highest BCUT2D eigenvalue weighted by atomic mass is 32.2. The standard InChI is InChI=1S/C21H17N7OS/c1-13(18-24-20(29-27-18)16-4-2-3-14(11-16)12-22)30-21-26-25-19(28(21)17-5-6-17)15-7-9-23-10-8-15/h2-4,7-11,13,17H,5-6H2,1H3. The van der Waals surface area contributed by atoms with Crippen molar-refractivity contribution >= 4 is 11.8 Å². The second-order valence-electron chi connectivity index (χ2n) is 7.05. The summed E-state index contributed by atoms with van der Waals surface area (Å²) in [6.07, 6.45) is 5.77. The van der Waals surface area contributed by atoms with Crippen molar-refractivity contribution in [2.45, 2.75) is 36.2 Å². The topological polar surface area (TPSA) is 106 Å². The molecule has 3 aromatic heterocycles. The smallest absolute Gasteiger partial charge is 0.258 e. The van der Waals surface area contributed by atoms with Crippen LogP contribution in [0.15, 0.2) is 58.5 Å². The Balaban J connectivity index is 1.40. The summed E-state index contributed by atoms with van der Waals surface area (Å²) in [6, 6.07) is 13.6. The molecule has 0 N–H and O–H groups in total. The van der Waals surface area contributed by atoms with E-state index in [2.05, 4.69) is 36.0 Å². The summed E-state index contributed by atoms with van der Waals surface area (Å²) in [7, 11) is 0. The van der Waals surface area contributed by atoms with Crippen LogP contribution in [0.25, 0.3) is 22.8 Å². The predicted molar refractivity (Wildman–Crippen MR) is 110 cm³/mol. The lowest BCUT2D eigenvalue weighted by Crippen LogP contribution is -2.01. The zero-order valence-corrected chi connectivity index (χ0v) is 17.0. The average Bonchev–Trinajstić information content (AvgIpc) is 3.34. The molecule has 4 aromatic rings. The third-order valence-corrected chi connectivity index (χ3v) is 5.89. The average molecular weight is 415 g/mol. The van der Waals surface area contributed by atoms with E-state index in [1.807, 2.05) is 25.1 Å². The van der Waals surface area contributed by atoms with E-state index in [4.69, 9.17) is 9.78 Å². The number of nitrogens with zero attached hydrogens (tertiary/aromatic N) is 7. The Labute approximate surface area is 177 Å². The summed E-state index contributed by atoms with van der Waals surface area (Å²) >= 11 is 1.56. The van der Waals surface area contributed by atoms with Crippen LogP contribution in [0.5, 0.6) is 0 Å². The van der Waals surface area contributed by atoms with E-state index in [-0.39, 0.29) is 5.25 Å². The van der Waals surface area contributed by atoms with Crippen LogP contribution in [0, 0.1) is 11.3 Å². The van der Waals surface area contributed by atoms with Crippen LogP contribution in [0.3, 0.4) is 0 Å². The second kappa shape index (κ2) is 7.72. The highest BCUT2D eigenvalue weighted by molar-refractivity contribution is 7.99. The van der Waals surface area contributed by atoms with Crippen LogP contribution >= 0.6 is 11.8 Å². The maximum Gasteiger partial charge on any atom is 0.258 e. The van der Waals surface area contributed by atoms with Crippen LogP contribution in [0.2, 0.25) is 0 Å². The molecule has 5 rings (SSSR count). The number of benzene rings is 1. The Kier molecular flexibility index (Phi) is 4.77. The first kappa shape index (κ1) is 18.5. The normalized spacial score (nSPS) is 14.4. The van der Waals surface area contributed by atoms with E-state index >= 15 is 0 Å². The van der Waals surface area contributed by atoms with Gasteiger partial charge in [0.1, 0.15) is 0 Å². The second-order valence-corrected chi connectivity index (χ2v) is 8.36. The fourth-order valence-corrected chi connectivity index (χ4v) is 4.12. The lowest BCUT2D eigenvalue weighted by molar-refractivity contribution is 0.423. The summed E-state index contributed by atoms with van der Waals surface area (Å²) in [5.41, 5.74) is 2.28. The van der Waals surface area contributed by atoms with Crippen LogP contribution < -0.4 is 0 Å². The molecule has 3 heterocycles. The summed E-state index contributed by atoms with van der Waals surface area (Å²) < 4.78 is 7.64. The van der Waals surface area contributed by atoms with E-state index < -0.39 is 0 Å². The molecular weight excluding hydrogens is 398 g/mol. The van der Waals surface area contributed by atoms with Gasteiger partial charge in [0.2, 0.25) is 0 Å². The maximum absolute atomic E-state index is 9.09. The molecule has 1 fully saturated rings. The van der Waals surface area contributed by atoms with Crippen LogP contribution in [-0.4, -0.2) is 29.9 Å². The monoisotopic (exact) mass is 415 g/mol. The van der Waals surface area contributed by atoms with Crippen molar-refractivity contribution in [3.8, 4) is 28.9 Å². The molecule has 8 nitrogen and oxygen atoms in total. The molecule has 0 aliphatic heterocycles. The zero-order chi connectivity index (χ0) is 20.5. The molecule has 0 radical (unpaired) electrons. The van der Waals surface area contributed by atoms with Crippen LogP contribution in [0.1, 0.15) is 42.4 Å². The van der Waals surface area contributed by atoms with Gasteiger partial charge in [-0.2, -0.15) is 10.2 Å². The first-order chi connectivity index (χ1) is 14.7. The van der Waals surface area contributed by atoms with Gasteiger partial charge in [-0.25, -0.2) is 0 Å². The molecule has 1 unspecified atom stereocenters. The highest BCUT2D eigenvalue weighted by Gasteiger charge is 2.31. The van der Waals surface area contributed by atoms with Gasteiger partial charge in [0.05, 0.1) is 16.9 Å². The molecule has 0 amide bonds. The lowest BCUT2D eigenvalue weighted by atomic mass is 10.1. The number of nitriles is 1. The molecule has 30 heavy (non-hydrogen) atoms. The SMILES string of the molecule is CC(Sc1nnc(-c2ccncc2)n1C1CC1)c1noc(-c2cccc(C#N)c2)n1. The molecular formula is C21H17N7OS. The van der Waals surface area contributed by atoms with Crippen molar-refractivity contribution in [2.75, 3.05) is 0 Å². The first-order valence-electron chi connectivity index (χ1n) is 9.59. The summed E-state index contributed by atoms with van der Waals surface area (Å²) in [6.45, 7) is 2.02. The summed E-state index contributed by atoms with van der Waals surface area (Å²) in [5, 5.41) is 22.9. The van der Waals surface area contributed by atoms with E-state index in [0.717, 1.165) is 34.9 Å². The Hall–Kier alpha value is -3.51. The number of pyridine rings is 1. The largest absolute Gasteiger partial charge is 0.334 e. The van der Waals surface area contributed by atoms with Crippen molar-refractivity contribution in [1.29, 1.82) is 5.26 Å². The van der Waals surface area contributed by atoms with Gasteiger partial charge in [0.25, 0.3) is 5.89 Å². The van der Waals surface area contributed by atoms with Gasteiger partial charge >= 0.3 is 0 Å². The van der Waals surface area contributed by atoms with Crippen LogP contribution in [0.4, 0.5) is 0 Å². The first-order valence-corrected chi connectivity index (χ1v) is 10.5. The Morgan fingerprint density at radius 3 is 2.77 bits per heavy atom. The number of thioether (sulfide) groups is 1. The molecule has 0 spiro atoms. The zero-order valence-electron chi connectivity index (χ0n) is 16.1. The number of hydrogen-bond acceptors (Lipinski definition) is 8. The molecule has 0 saturated heterocycles. The predicted octanol–water partition coefficient (Wildman–Crippen LogP) is 4.45. The molecule has 0 bridgehead atoms. The van der Waals surface area contributed by atoms with Crippen molar-refractivity contribution in [1.82, 2.24) is 29.9 Å². The number of hydrogen-bond donors (Lipinski definition) is 0. The van der Waals surface area contributed by atoms with Gasteiger partial charge in [-0.15, -0.1) is 10.2 Å². The Bertz CT molecular complexity index is 1220. The number of rotatable bonds is 6. The summed E-state index contributed by atoms with van der Waals surface area (Å²) in [4.78, 5) is 8.62. The van der Waals surface area contributed by atoms with E-state index in [1.165, 1.54) is 0 Å². The minimum Gasteiger partial charge on any atom is -0.334 e. The van der Waals surface area contributed by atoms with Gasteiger partial charge in [0, 0.05) is 29.6 Å². The number of aromatic nitrogens is 6. The Morgan fingerprint density at radius 2 is 2.00 bits per heavy atom. The molecule has 148 valence electrons. The van der Waals surface area contributed by atoms with E-state index in [9.17, 15) is 0 Å². The van der Waals surface area contributed by atoms with E-state index in [0.29, 0.717) is 23.3 Å². The molecule has 1 aliphatic carbocycles. The minimum absolute atomic E-state index is 0.0753. The van der Waals surface area contributed by atoms with Crippen molar-refractivity contribution < 1.29 is 4.52 Å². The van der Waals surface area contributed by atoms with Crippen molar-refractivity contribution in [2.24, 2.45) is 0 Å². The Morgan fingerprint density at radius 1 is 1.17 bits per heavy atom. The van der Waals surface area contributed by atoms with Gasteiger partial charge in [-0.05, 0) is 50.1 Å². The van der Waals surface area contributed by atoms with Crippen molar-refractivity contribution in [3.63, 3.8) is 0 Å². The third kappa shape index (κ3) is 3.57. The van der Waals surface area contributed by atoms with Gasteiger partial charge in [0.15, 0.2) is 16.8 Å².